The van der Waals surface area contributed by atoms with Gasteiger partial charge in [0.15, 0.2) is 11.2 Å². The summed E-state index contributed by atoms with van der Waals surface area (Å²) in [4.78, 5) is 42.1. The van der Waals surface area contributed by atoms with E-state index in [2.05, 4.69) is 22.5 Å². The van der Waals surface area contributed by atoms with Crippen molar-refractivity contribution < 1.29 is 14.4 Å². The highest BCUT2D eigenvalue weighted by Crippen LogP contribution is 2.24. The number of carbonyl (C=O) groups excluding carboxylic acids is 3. The molecule has 0 aliphatic carbocycles. The number of benzene rings is 2. The summed E-state index contributed by atoms with van der Waals surface area (Å²) in [6.45, 7) is 2.77. The number of ketones is 1. The van der Waals surface area contributed by atoms with Crippen LogP contribution in [0.4, 0.5) is 5.69 Å². The Bertz CT molecular complexity index is 1180. The Morgan fingerprint density at radius 1 is 1.00 bits per heavy atom. The van der Waals surface area contributed by atoms with E-state index in [0.29, 0.717) is 12.1 Å². The predicted octanol–water partition coefficient (Wildman–Crippen LogP) is 6.04. The third-order valence-corrected chi connectivity index (χ3v) is 6.37. The quantitative estimate of drug-likeness (QED) is 0.122. The Balaban J connectivity index is 1.56. The summed E-state index contributed by atoms with van der Waals surface area (Å²) in [6.07, 6.45) is 9.92. The summed E-state index contributed by atoms with van der Waals surface area (Å²) >= 11 is 12.5. The Kier molecular flexibility index (Phi) is 10.5. The SMILES string of the molecule is CCCCCCCCNC(=O)c1ccc(NC(=O)C(Cl)C(=O)c2nccn2-c2ccccc2)c(Cl)c1. The first kappa shape index (κ1) is 27.4. The zero-order valence-corrected chi connectivity index (χ0v) is 21.7. The van der Waals surface area contributed by atoms with E-state index in [1.807, 2.05) is 30.3 Å². The van der Waals surface area contributed by atoms with Gasteiger partial charge in [-0.15, -0.1) is 11.6 Å². The fourth-order valence-electron chi connectivity index (χ4n) is 3.68. The van der Waals surface area contributed by atoms with Gasteiger partial charge in [0.1, 0.15) is 0 Å². The zero-order valence-electron chi connectivity index (χ0n) is 20.2. The van der Waals surface area contributed by atoms with Gasteiger partial charge in [-0.05, 0) is 36.8 Å². The number of alkyl halides is 1. The summed E-state index contributed by atoms with van der Waals surface area (Å²) in [6, 6.07) is 13.7. The second-order valence-corrected chi connectivity index (χ2v) is 9.23. The second kappa shape index (κ2) is 13.8. The topological polar surface area (TPSA) is 93.1 Å². The molecule has 1 atom stereocenters. The molecular formula is C27H30Cl2N4O3. The molecule has 2 amide bonds. The van der Waals surface area contributed by atoms with Crippen molar-refractivity contribution in [2.45, 2.75) is 50.8 Å². The van der Waals surface area contributed by atoms with Crippen LogP contribution in [0.15, 0.2) is 60.9 Å². The third-order valence-electron chi connectivity index (χ3n) is 5.66. The van der Waals surface area contributed by atoms with Crippen molar-refractivity contribution >= 4 is 46.5 Å². The lowest BCUT2D eigenvalue weighted by Gasteiger charge is -2.13. The number of rotatable bonds is 13. The molecule has 0 aliphatic heterocycles. The van der Waals surface area contributed by atoms with Crippen molar-refractivity contribution in [1.29, 1.82) is 0 Å². The lowest BCUT2D eigenvalue weighted by molar-refractivity contribution is -0.115. The first-order valence-corrected chi connectivity index (χ1v) is 12.9. The number of para-hydroxylation sites is 1. The molecule has 190 valence electrons. The predicted molar refractivity (Wildman–Crippen MR) is 143 cm³/mol. The number of imidazole rings is 1. The average molecular weight is 529 g/mol. The third kappa shape index (κ3) is 7.42. The maximum atomic E-state index is 12.9. The van der Waals surface area contributed by atoms with Gasteiger partial charge in [-0.25, -0.2) is 4.98 Å². The smallest absolute Gasteiger partial charge is 0.251 e. The van der Waals surface area contributed by atoms with E-state index < -0.39 is 17.1 Å². The monoisotopic (exact) mass is 528 g/mol. The molecule has 0 saturated carbocycles. The van der Waals surface area contributed by atoms with E-state index in [1.54, 1.807) is 16.8 Å². The molecule has 0 aliphatic rings. The Morgan fingerprint density at radius 2 is 1.72 bits per heavy atom. The molecule has 0 radical (unpaired) electrons. The first-order chi connectivity index (χ1) is 17.4. The molecule has 3 rings (SSSR count). The maximum absolute atomic E-state index is 12.9. The minimum atomic E-state index is -1.52. The average Bonchev–Trinajstić information content (AvgIpc) is 3.39. The van der Waals surface area contributed by atoms with Gasteiger partial charge in [0.2, 0.25) is 5.78 Å². The van der Waals surface area contributed by atoms with Crippen molar-refractivity contribution in [2.75, 3.05) is 11.9 Å². The van der Waals surface area contributed by atoms with Crippen molar-refractivity contribution in [3.63, 3.8) is 0 Å². The highest BCUT2D eigenvalue weighted by molar-refractivity contribution is 6.45. The molecule has 1 heterocycles. The summed E-state index contributed by atoms with van der Waals surface area (Å²) in [5.74, 6) is -1.59. The normalized spacial score (nSPS) is 11.6. The summed E-state index contributed by atoms with van der Waals surface area (Å²) in [5, 5.41) is 4.09. The molecule has 2 aromatic carbocycles. The van der Waals surface area contributed by atoms with Gasteiger partial charge in [0.05, 0.1) is 10.7 Å². The van der Waals surface area contributed by atoms with Crippen LogP contribution in [0.1, 0.15) is 66.4 Å². The lowest BCUT2D eigenvalue weighted by Crippen LogP contribution is -2.32. The Hall–Kier alpha value is -3.16. The highest BCUT2D eigenvalue weighted by Gasteiger charge is 2.29. The van der Waals surface area contributed by atoms with Crippen LogP contribution in [0.3, 0.4) is 0 Å². The number of Topliss-reactive ketones (excluding diaryl/α,β-unsaturated/α-hetero) is 1. The van der Waals surface area contributed by atoms with E-state index in [4.69, 9.17) is 23.2 Å². The number of aromatic nitrogens is 2. The van der Waals surface area contributed by atoms with Gasteiger partial charge in [0.25, 0.3) is 11.8 Å². The summed E-state index contributed by atoms with van der Waals surface area (Å²) < 4.78 is 1.57. The van der Waals surface area contributed by atoms with Crippen LogP contribution in [-0.2, 0) is 4.79 Å². The fourth-order valence-corrected chi connectivity index (χ4v) is 4.06. The fraction of sp³-hybridized carbons (Fsp3) is 0.333. The molecular weight excluding hydrogens is 499 g/mol. The number of halogens is 2. The molecule has 2 N–H and O–H groups in total. The van der Waals surface area contributed by atoms with E-state index in [-0.39, 0.29) is 22.4 Å². The van der Waals surface area contributed by atoms with E-state index >= 15 is 0 Å². The van der Waals surface area contributed by atoms with E-state index in [1.165, 1.54) is 44.0 Å². The van der Waals surface area contributed by atoms with Crippen LogP contribution in [0.25, 0.3) is 5.69 Å². The zero-order chi connectivity index (χ0) is 25.9. The Labute approximate surface area is 221 Å². The van der Waals surface area contributed by atoms with E-state index in [9.17, 15) is 14.4 Å². The molecule has 7 nitrogen and oxygen atoms in total. The highest BCUT2D eigenvalue weighted by atomic mass is 35.5. The number of anilines is 1. The number of hydrogen-bond donors (Lipinski definition) is 2. The molecule has 36 heavy (non-hydrogen) atoms. The number of nitrogens with one attached hydrogen (secondary N) is 2. The van der Waals surface area contributed by atoms with Crippen molar-refractivity contribution in [3.05, 3.63) is 77.3 Å². The van der Waals surface area contributed by atoms with Crippen molar-refractivity contribution in [1.82, 2.24) is 14.9 Å². The first-order valence-electron chi connectivity index (χ1n) is 12.1. The van der Waals surface area contributed by atoms with Gasteiger partial charge in [0, 0.05) is 30.2 Å². The Morgan fingerprint density at radius 3 is 2.44 bits per heavy atom. The number of unbranched alkanes of at least 4 members (excludes halogenated alkanes) is 5. The van der Waals surface area contributed by atoms with Gasteiger partial charge in [-0.1, -0.05) is 68.8 Å². The van der Waals surface area contributed by atoms with Gasteiger partial charge in [-0.3, -0.25) is 19.0 Å². The van der Waals surface area contributed by atoms with Crippen LogP contribution in [0.2, 0.25) is 5.02 Å². The molecule has 0 spiro atoms. The van der Waals surface area contributed by atoms with Gasteiger partial charge < -0.3 is 10.6 Å². The molecule has 0 fully saturated rings. The standard InChI is InChI=1S/C27H30Cl2N4O3/c1-2-3-4-5-6-10-15-31-26(35)19-13-14-22(21(28)18-19)32-27(36)23(29)24(34)25-30-16-17-33(25)20-11-8-7-9-12-20/h7-9,11-14,16-18,23H,2-6,10,15H2,1H3,(H,31,35)(H,32,36). The number of amides is 2. The van der Waals surface area contributed by atoms with Crippen LogP contribution >= 0.6 is 23.2 Å². The van der Waals surface area contributed by atoms with Crippen LogP contribution in [-0.4, -0.2) is 39.1 Å². The summed E-state index contributed by atoms with van der Waals surface area (Å²) in [7, 11) is 0. The molecule has 3 aromatic rings. The molecule has 0 bridgehead atoms. The van der Waals surface area contributed by atoms with Gasteiger partial charge >= 0.3 is 0 Å². The van der Waals surface area contributed by atoms with Crippen molar-refractivity contribution in [3.8, 4) is 5.69 Å². The number of hydrogen-bond acceptors (Lipinski definition) is 4. The van der Waals surface area contributed by atoms with Crippen LogP contribution in [0.5, 0.6) is 0 Å². The van der Waals surface area contributed by atoms with E-state index in [0.717, 1.165) is 18.5 Å². The number of nitrogens with zero attached hydrogens (tertiary/aromatic N) is 2. The second-order valence-electron chi connectivity index (χ2n) is 8.39. The molecule has 9 heteroatoms. The number of carbonyl (C=O) groups is 3. The van der Waals surface area contributed by atoms with Crippen LogP contribution in [0, 0.1) is 0 Å². The summed E-state index contributed by atoms with van der Waals surface area (Å²) in [5.41, 5.74) is 1.35. The molecule has 1 unspecified atom stereocenters. The largest absolute Gasteiger partial charge is 0.352 e. The molecule has 0 saturated heterocycles. The van der Waals surface area contributed by atoms with Crippen LogP contribution < -0.4 is 10.6 Å². The maximum Gasteiger partial charge on any atom is 0.251 e. The van der Waals surface area contributed by atoms with Crippen molar-refractivity contribution in [2.24, 2.45) is 0 Å². The van der Waals surface area contributed by atoms with Gasteiger partial charge in [-0.2, -0.15) is 0 Å². The minimum absolute atomic E-state index is 0.0415. The lowest BCUT2D eigenvalue weighted by atomic mass is 10.1. The minimum Gasteiger partial charge on any atom is -0.352 e. The molecule has 1 aromatic heterocycles.